The van der Waals surface area contributed by atoms with Crippen LogP contribution in [0.2, 0.25) is 10.0 Å². The minimum Gasteiger partial charge on any atom is -0.366 e. The van der Waals surface area contributed by atoms with Gasteiger partial charge in [-0.3, -0.25) is 9.69 Å². The van der Waals surface area contributed by atoms with Gasteiger partial charge in [0, 0.05) is 35.6 Å². The van der Waals surface area contributed by atoms with Gasteiger partial charge in [-0.05, 0) is 79.5 Å². The molecule has 2 aromatic carbocycles. The van der Waals surface area contributed by atoms with Crippen molar-refractivity contribution >= 4 is 40.6 Å². The van der Waals surface area contributed by atoms with Crippen LogP contribution in [0, 0.1) is 0 Å². The number of aromatic nitrogens is 1. The molecule has 0 radical (unpaired) electrons. The molecule has 7 heteroatoms. The number of carbonyl (C=O) groups excluding carboxylic acids is 1. The van der Waals surface area contributed by atoms with Crippen molar-refractivity contribution in [2.45, 2.75) is 32.4 Å². The molecule has 1 aromatic heterocycles. The predicted molar refractivity (Wildman–Crippen MR) is 132 cm³/mol. The molecule has 1 saturated heterocycles. The lowest BCUT2D eigenvalue weighted by Gasteiger charge is -2.26. The van der Waals surface area contributed by atoms with Crippen LogP contribution in [0.4, 0.5) is 11.5 Å². The number of likely N-dealkylation sites (tertiary alicyclic amines) is 1. The van der Waals surface area contributed by atoms with E-state index in [2.05, 4.69) is 20.5 Å². The average molecular weight is 469 g/mol. The van der Waals surface area contributed by atoms with Crippen molar-refractivity contribution in [3.63, 3.8) is 0 Å². The number of pyridine rings is 1. The molecular weight excluding hydrogens is 443 g/mol. The van der Waals surface area contributed by atoms with E-state index in [-0.39, 0.29) is 5.91 Å². The standard InChI is InChI=1S/C25H26Cl2N4O/c26-21-8-10-23(20(14-21)15-28-24-11-9-22(27)16-29-24)30-25(32)19-6-4-18(5-7-19)17-31-12-2-1-3-13-31/h4-11,14,16H,1-3,12-13,15,17H2,(H,28,29)(H,30,32). The molecule has 0 bridgehead atoms. The summed E-state index contributed by atoms with van der Waals surface area (Å²) in [5.74, 6) is 0.540. The summed E-state index contributed by atoms with van der Waals surface area (Å²) in [4.78, 5) is 19.6. The Labute approximate surface area is 198 Å². The fraction of sp³-hybridized carbons (Fsp3) is 0.280. The number of hydrogen-bond acceptors (Lipinski definition) is 4. The number of benzene rings is 2. The topological polar surface area (TPSA) is 57.3 Å². The van der Waals surface area contributed by atoms with Gasteiger partial charge in [-0.2, -0.15) is 0 Å². The maximum atomic E-state index is 12.9. The Balaban J connectivity index is 1.40. The highest BCUT2D eigenvalue weighted by molar-refractivity contribution is 6.31. The Kier molecular flexibility index (Phi) is 7.63. The van der Waals surface area contributed by atoms with Crippen molar-refractivity contribution in [3.05, 3.63) is 87.5 Å². The Morgan fingerprint density at radius 2 is 1.69 bits per heavy atom. The van der Waals surface area contributed by atoms with E-state index >= 15 is 0 Å². The molecule has 2 heterocycles. The lowest BCUT2D eigenvalue weighted by molar-refractivity contribution is 0.102. The first-order chi connectivity index (χ1) is 15.6. The first-order valence-corrected chi connectivity index (χ1v) is 11.6. The molecule has 1 amide bonds. The summed E-state index contributed by atoms with van der Waals surface area (Å²) in [6, 6.07) is 16.9. The quantitative estimate of drug-likeness (QED) is 0.430. The summed E-state index contributed by atoms with van der Waals surface area (Å²) < 4.78 is 0. The highest BCUT2D eigenvalue weighted by atomic mass is 35.5. The van der Waals surface area contributed by atoms with Crippen LogP contribution in [0.5, 0.6) is 0 Å². The molecule has 0 saturated carbocycles. The van der Waals surface area contributed by atoms with Crippen molar-refractivity contribution in [3.8, 4) is 0 Å². The van der Waals surface area contributed by atoms with Gasteiger partial charge >= 0.3 is 0 Å². The van der Waals surface area contributed by atoms with E-state index in [1.165, 1.54) is 24.8 Å². The van der Waals surface area contributed by atoms with Crippen molar-refractivity contribution in [2.75, 3.05) is 23.7 Å². The zero-order valence-electron chi connectivity index (χ0n) is 17.8. The average Bonchev–Trinajstić information content (AvgIpc) is 2.81. The summed E-state index contributed by atoms with van der Waals surface area (Å²) in [5.41, 5.74) is 3.43. The normalized spacial score (nSPS) is 14.2. The van der Waals surface area contributed by atoms with E-state index in [1.807, 2.05) is 36.4 Å². The molecule has 1 aliphatic rings. The third-order valence-electron chi connectivity index (χ3n) is 5.57. The van der Waals surface area contributed by atoms with Crippen molar-refractivity contribution < 1.29 is 4.79 Å². The van der Waals surface area contributed by atoms with Crippen LogP contribution < -0.4 is 10.6 Å². The Hall–Kier alpha value is -2.60. The van der Waals surface area contributed by atoms with E-state index in [1.54, 1.807) is 24.4 Å². The number of nitrogens with one attached hydrogen (secondary N) is 2. The second-order valence-corrected chi connectivity index (χ2v) is 8.88. The Morgan fingerprint density at radius 1 is 0.938 bits per heavy atom. The molecule has 0 unspecified atom stereocenters. The maximum absolute atomic E-state index is 12.9. The van der Waals surface area contributed by atoms with Crippen LogP contribution in [-0.2, 0) is 13.1 Å². The number of piperidine rings is 1. The van der Waals surface area contributed by atoms with Crippen molar-refractivity contribution in [1.29, 1.82) is 0 Å². The zero-order valence-corrected chi connectivity index (χ0v) is 19.3. The fourth-order valence-electron chi connectivity index (χ4n) is 3.83. The minimum atomic E-state index is -0.150. The second-order valence-electron chi connectivity index (χ2n) is 8.00. The Bertz CT molecular complexity index is 1050. The fourth-order valence-corrected chi connectivity index (χ4v) is 4.13. The summed E-state index contributed by atoms with van der Waals surface area (Å²) >= 11 is 12.1. The lowest BCUT2D eigenvalue weighted by atomic mass is 10.1. The second kappa shape index (κ2) is 10.8. The van der Waals surface area contributed by atoms with Crippen LogP contribution in [0.25, 0.3) is 0 Å². The van der Waals surface area contributed by atoms with Gasteiger partial charge in [0.05, 0.1) is 5.02 Å². The third kappa shape index (κ3) is 6.22. The number of nitrogens with zero attached hydrogens (tertiary/aromatic N) is 2. The number of carbonyl (C=O) groups is 1. The summed E-state index contributed by atoms with van der Waals surface area (Å²) in [6.07, 6.45) is 5.45. The number of amides is 1. The first kappa shape index (κ1) is 22.6. The zero-order chi connectivity index (χ0) is 22.3. The molecule has 0 spiro atoms. The third-order valence-corrected chi connectivity index (χ3v) is 6.03. The molecule has 4 rings (SSSR count). The summed E-state index contributed by atoms with van der Waals surface area (Å²) in [7, 11) is 0. The van der Waals surface area contributed by atoms with E-state index < -0.39 is 0 Å². The van der Waals surface area contributed by atoms with Gasteiger partial charge in [0.15, 0.2) is 0 Å². The number of anilines is 2. The number of hydrogen-bond donors (Lipinski definition) is 2. The van der Waals surface area contributed by atoms with E-state index in [9.17, 15) is 4.79 Å². The number of rotatable bonds is 7. The van der Waals surface area contributed by atoms with Crippen molar-refractivity contribution in [1.82, 2.24) is 9.88 Å². The molecule has 3 aromatic rings. The molecule has 2 N–H and O–H groups in total. The largest absolute Gasteiger partial charge is 0.366 e. The predicted octanol–water partition coefficient (Wildman–Crippen LogP) is 6.24. The SMILES string of the molecule is O=C(Nc1ccc(Cl)cc1CNc1ccc(Cl)cn1)c1ccc(CN2CCCCC2)cc1. The molecular formula is C25H26Cl2N4O. The molecule has 1 fully saturated rings. The molecule has 0 atom stereocenters. The van der Waals surface area contributed by atoms with Gasteiger partial charge in [-0.15, -0.1) is 0 Å². The Morgan fingerprint density at radius 3 is 2.41 bits per heavy atom. The minimum absolute atomic E-state index is 0.150. The van der Waals surface area contributed by atoms with E-state index in [0.29, 0.717) is 33.7 Å². The maximum Gasteiger partial charge on any atom is 0.255 e. The van der Waals surface area contributed by atoms with Gasteiger partial charge in [-0.25, -0.2) is 4.98 Å². The van der Waals surface area contributed by atoms with Crippen LogP contribution >= 0.6 is 23.2 Å². The lowest BCUT2D eigenvalue weighted by Crippen LogP contribution is -2.29. The molecule has 0 aliphatic carbocycles. The van der Waals surface area contributed by atoms with Gasteiger partial charge in [0.2, 0.25) is 0 Å². The molecule has 1 aliphatic heterocycles. The van der Waals surface area contributed by atoms with Crippen molar-refractivity contribution in [2.24, 2.45) is 0 Å². The summed E-state index contributed by atoms with van der Waals surface area (Å²) in [5, 5.41) is 7.42. The van der Waals surface area contributed by atoms with Crippen LogP contribution in [0.3, 0.4) is 0 Å². The molecule has 166 valence electrons. The van der Waals surface area contributed by atoms with Gasteiger partial charge < -0.3 is 10.6 Å². The molecule has 32 heavy (non-hydrogen) atoms. The van der Waals surface area contributed by atoms with Crippen LogP contribution in [0.15, 0.2) is 60.8 Å². The van der Waals surface area contributed by atoms with Gasteiger partial charge in [0.1, 0.15) is 5.82 Å². The van der Waals surface area contributed by atoms with Crippen LogP contribution in [-0.4, -0.2) is 28.9 Å². The highest BCUT2D eigenvalue weighted by Gasteiger charge is 2.13. The van der Waals surface area contributed by atoms with E-state index in [4.69, 9.17) is 23.2 Å². The summed E-state index contributed by atoms with van der Waals surface area (Å²) in [6.45, 7) is 3.70. The number of halogens is 2. The van der Waals surface area contributed by atoms with Gasteiger partial charge in [0.25, 0.3) is 5.91 Å². The van der Waals surface area contributed by atoms with Gasteiger partial charge in [-0.1, -0.05) is 41.8 Å². The van der Waals surface area contributed by atoms with E-state index in [0.717, 1.165) is 25.2 Å². The molecule has 5 nitrogen and oxygen atoms in total. The monoisotopic (exact) mass is 468 g/mol. The first-order valence-electron chi connectivity index (χ1n) is 10.8. The highest BCUT2D eigenvalue weighted by Crippen LogP contribution is 2.23. The van der Waals surface area contributed by atoms with Crippen LogP contribution in [0.1, 0.15) is 40.7 Å². The smallest absolute Gasteiger partial charge is 0.255 e.